The maximum Gasteiger partial charge on any atom is 0.0992 e. The first kappa shape index (κ1) is 15.1. The second-order valence-electron chi connectivity index (χ2n) is 4.37. The Labute approximate surface area is 132 Å². The molecule has 0 spiro atoms. The van der Waals surface area contributed by atoms with Gasteiger partial charge in [0.2, 0.25) is 0 Å². The molecule has 0 aliphatic rings. The summed E-state index contributed by atoms with van der Waals surface area (Å²) in [5.74, 6) is 0. The smallest absolute Gasteiger partial charge is 0.0992 e. The van der Waals surface area contributed by atoms with Gasteiger partial charge in [-0.25, -0.2) is 0 Å². The van der Waals surface area contributed by atoms with Gasteiger partial charge in [-0.1, -0.05) is 34.1 Å². The summed E-state index contributed by atoms with van der Waals surface area (Å²) >= 11 is 5.02. The van der Waals surface area contributed by atoms with Crippen LogP contribution in [0.3, 0.4) is 0 Å². The Kier molecular flexibility index (Phi) is 6.13. The predicted octanol–water partition coefficient (Wildman–Crippen LogP) is 4.55. The molecule has 0 aromatic heterocycles. The van der Waals surface area contributed by atoms with Gasteiger partial charge in [0.05, 0.1) is 11.6 Å². The number of nitrogens with zero attached hydrogens (tertiary/aromatic N) is 1. The Bertz CT molecular complexity index is 590. The lowest BCUT2D eigenvalue weighted by Crippen LogP contribution is -2.06. The van der Waals surface area contributed by atoms with Crippen LogP contribution in [-0.2, 0) is 6.42 Å². The van der Waals surface area contributed by atoms with Crippen molar-refractivity contribution >= 4 is 27.9 Å². The van der Waals surface area contributed by atoms with Crippen LogP contribution in [0.1, 0.15) is 17.5 Å². The second kappa shape index (κ2) is 8.11. The number of nitriles is 1. The van der Waals surface area contributed by atoms with E-state index in [9.17, 15) is 0 Å². The fraction of sp³-hybridized carbons (Fsp3) is 0.188. The highest BCUT2D eigenvalue weighted by atomic mass is 79.9. The molecule has 1 N–H and O–H groups in total. The monoisotopic (exact) mass is 346 g/mol. The number of benzene rings is 2. The standard InChI is InChI=1S/C16H15BrN2S/c17-15-8-6-13(7-9-15)4-2-10-19-20-16-5-1-3-14(11-16)12-18/h1,3,5-9,11,19H,2,4,10H2. The average Bonchev–Trinajstić information content (AvgIpc) is 2.49. The number of nitrogens with one attached hydrogen (secondary N) is 1. The van der Waals surface area contributed by atoms with Crippen LogP contribution in [0.25, 0.3) is 0 Å². The molecular formula is C16H15BrN2S. The van der Waals surface area contributed by atoms with Crippen LogP contribution in [-0.4, -0.2) is 6.54 Å². The Hall–Kier alpha value is -1.28. The van der Waals surface area contributed by atoms with E-state index in [0.29, 0.717) is 5.56 Å². The van der Waals surface area contributed by atoms with E-state index in [4.69, 9.17) is 5.26 Å². The third-order valence-electron chi connectivity index (χ3n) is 2.81. The van der Waals surface area contributed by atoms with E-state index in [1.807, 2.05) is 24.3 Å². The summed E-state index contributed by atoms with van der Waals surface area (Å²) in [6.45, 7) is 0.942. The van der Waals surface area contributed by atoms with Crippen molar-refractivity contribution in [3.63, 3.8) is 0 Å². The van der Waals surface area contributed by atoms with Crippen molar-refractivity contribution in [1.82, 2.24) is 4.72 Å². The first-order chi connectivity index (χ1) is 9.78. The van der Waals surface area contributed by atoms with Gasteiger partial charge >= 0.3 is 0 Å². The summed E-state index contributed by atoms with van der Waals surface area (Å²) in [6.07, 6.45) is 2.16. The van der Waals surface area contributed by atoms with E-state index in [-0.39, 0.29) is 0 Å². The van der Waals surface area contributed by atoms with Gasteiger partial charge in [0.25, 0.3) is 0 Å². The third-order valence-corrected chi connectivity index (χ3v) is 4.18. The van der Waals surface area contributed by atoms with Gasteiger partial charge < -0.3 is 0 Å². The Morgan fingerprint density at radius 1 is 1.15 bits per heavy atom. The van der Waals surface area contributed by atoms with Crippen LogP contribution >= 0.6 is 27.9 Å². The fourth-order valence-electron chi connectivity index (χ4n) is 1.78. The van der Waals surface area contributed by atoms with Crippen LogP contribution in [0.2, 0.25) is 0 Å². The van der Waals surface area contributed by atoms with Gasteiger partial charge in [-0.15, -0.1) is 0 Å². The zero-order valence-electron chi connectivity index (χ0n) is 11.0. The largest absolute Gasteiger partial charge is 0.260 e. The number of aryl methyl sites for hydroxylation is 1. The summed E-state index contributed by atoms with van der Waals surface area (Å²) < 4.78 is 4.45. The lowest BCUT2D eigenvalue weighted by atomic mass is 10.1. The van der Waals surface area contributed by atoms with Gasteiger partial charge in [-0.3, -0.25) is 4.72 Å². The van der Waals surface area contributed by atoms with Crippen LogP contribution in [0, 0.1) is 11.3 Å². The molecule has 0 radical (unpaired) electrons. The molecule has 0 fully saturated rings. The van der Waals surface area contributed by atoms with E-state index in [1.54, 1.807) is 11.9 Å². The van der Waals surface area contributed by atoms with Crippen molar-refractivity contribution in [2.45, 2.75) is 17.7 Å². The molecule has 102 valence electrons. The average molecular weight is 347 g/mol. The van der Waals surface area contributed by atoms with Crippen molar-refractivity contribution < 1.29 is 0 Å². The van der Waals surface area contributed by atoms with Crippen LogP contribution in [0.4, 0.5) is 0 Å². The zero-order valence-corrected chi connectivity index (χ0v) is 13.4. The minimum Gasteiger partial charge on any atom is -0.260 e. The molecule has 0 bridgehead atoms. The molecule has 0 unspecified atom stereocenters. The molecule has 4 heteroatoms. The minimum atomic E-state index is 0.701. The quantitative estimate of drug-likeness (QED) is 0.615. The van der Waals surface area contributed by atoms with Crippen LogP contribution < -0.4 is 4.72 Å². The van der Waals surface area contributed by atoms with Gasteiger partial charge in [-0.2, -0.15) is 5.26 Å². The number of hydrogen-bond acceptors (Lipinski definition) is 3. The summed E-state index contributed by atoms with van der Waals surface area (Å²) in [7, 11) is 0. The maximum atomic E-state index is 8.83. The highest BCUT2D eigenvalue weighted by Crippen LogP contribution is 2.16. The van der Waals surface area contributed by atoms with E-state index < -0.39 is 0 Å². The first-order valence-electron chi connectivity index (χ1n) is 6.42. The third kappa shape index (κ3) is 5.01. The number of rotatable bonds is 6. The van der Waals surface area contributed by atoms with Gasteiger partial charge in [-0.05, 0) is 60.7 Å². The molecule has 2 nitrogen and oxygen atoms in total. The SMILES string of the molecule is N#Cc1cccc(SNCCCc2ccc(Br)cc2)c1. The highest BCUT2D eigenvalue weighted by molar-refractivity contribution is 9.10. The Balaban J connectivity index is 1.69. The first-order valence-corrected chi connectivity index (χ1v) is 8.03. The van der Waals surface area contributed by atoms with Crippen molar-refractivity contribution in [2.24, 2.45) is 0 Å². The molecule has 0 aliphatic heterocycles. The van der Waals surface area contributed by atoms with E-state index in [2.05, 4.69) is 51.0 Å². The molecule has 2 aromatic rings. The molecule has 2 aromatic carbocycles. The highest BCUT2D eigenvalue weighted by Gasteiger charge is 1.97. The summed E-state index contributed by atoms with van der Waals surface area (Å²) in [5, 5.41) is 8.83. The molecule has 0 heterocycles. The Morgan fingerprint density at radius 2 is 1.95 bits per heavy atom. The minimum absolute atomic E-state index is 0.701. The fourth-order valence-corrected chi connectivity index (χ4v) is 2.79. The summed E-state index contributed by atoms with van der Waals surface area (Å²) in [4.78, 5) is 1.08. The lowest BCUT2D eigenvalue weighted by molar-refractivity contribution is 0.797. The summed E-state index contributed by atoms with van der Waals surface area (Å²) in [5.41, 5.74) is 2.05. The van der Waals surface area contributed by atoms with Crippen molar-refractivity contribution in [1.29, 1.82) is 5.26 Å². The molecule has 0 saturated carbocycles. The second-order valence-corrected chi connectivity index (χ2v) is 6.25. The Morgan fingerprint density at radius 3 is 2.70 bits per heavy atom. The maximum absolute atomic E-state index is 8.83. The van der Waals surface area contributed by atoms with E-state index in [1.165, 1.54) is 5.56 Å². The predicted molar refractivity (Wildman–Crippen MR) is 87.5 cm³/mol. The molecule has 0 atom stereocenters. The normalized spacial score (nSPS) is 10.2. The van der Waals surface area contributed by atoms with Crippen molar-refractivity contribution in [2.75, 3.05) is 6.54 Å². The summed E-state index contributed by atoms with van der Waals surface area (Å²) in [6, 6.07) is 18.2. The molecular weight excluding hydrogens is 332 g/mol. The topological polar surface area (TPSA) is 35.8 Å². The van der Waals surface area contributed by atoms with Crippen molar-refractivity contribution in [3.8, 4) is 6.07 Å². The molecule has 0 saturated heterocycles. The number of halogens is 1. The van der Waals surface area contributed by atoms with Crippen LogP contribution in [0.15, 0.2) is 57.9 Å². The van der Waals surface area contributed by atoms with Gasteiger partial charge in [0, 0.05) is 15.9 Å². The van der Waals surface area contributed by atoms with E-state index in [0.717, 1.165) is 28.8 Å². The van der Waals surface area contributed by atoms with Gasteiger partial charge in [0.1, 0.15) is 0 Å². The van der Waals surface area contributed by atoms with Crippen molar-refractivity contribution in [3.05, 3.63) is 64.1 Å². The van der Waals surface area contributed by atoms with E-state index >= 15 is 0 Å². The molecule has 20 heavy (non-hydrogen) atoms. The van der Waals surface area contributed by atoms with Crippen LogP contribution in [0.5, 0.6) is 0 Å². The molecule has 0 amide bonds. The molecule has 0 aliphatic carbocycles. The lowest BCUT2D eigenvalue weighted by Gasteiger charge is -2.05. The number of hydrogen-bond donors (Lipinski definition) is 1. The molecule has 2 rings (SSSR count). The van der Waals surface area contributed by atoms with Gasteiger partial charge in [0.15, 0.2) is 0 Å². The zero-order chi connectivity index (χ0) is 14.2.